The molecule has 2 fully saturated rings. The fourth-order valence-corrected chi connectivity index (χ4v) is 4.07. The van der Waals surface area contributed by atoms with E-state index >= 15 is 0 Å². The van der Waals surface area contributed by atoms with Gasteiger partial charge in [0.15, 0.2) is 0 Å². The molecule has 0 amide bonds. The van der Waals surface area contributed by atoms with Crippen molar-refractivity contribution in [2.45, 2.75) is 78.3 Å². The van der Waals surface area contributed by atoms with Crippen molar-refractivity contribution in [3.8, 4) is 0 Å². The van der Waals surface area contributed by atoms with Crippen LogP contribution in [0.5, 0.6) is 0 Å². The Kier molecular flexibility index (Phi) is 5.30. The average Bonchev–Trinajstić information content (AvgIpc) is 2.47. The summed E-state index contributed by atoms with van der Waals surface area (Å²) in [7, 11) is 0. The minimum Gasteiger partial charge on any atom is -0.299 e. The third-order valence-electron chi connectivity index (χ3n) is 6.03. The molecule has 2 aliphatic rings. The molecule has 0 bridgehead atoms. The van der Waals surface area contributed by atoms with Crippen molar-refractivity contribution in [3.05, 3.63) is 0 Å². The van der Waals surface area contributed by atoms with Crippen molar-refractivity contribution in [1.29, 1.82) is 0 Å². The third kappa shape index (κ3) is 3.52. The lowest BCUT2D eigenvalue weighted by Crippen LogP contribution is -2.53. The molecule has 19 heavy (non-hydrogen) atoms. The Morgan fingerprint density at radius 2 is 1.68 bits per heavy atom. The third-order valence-corrected chi connectivity index (χ3v) is 6.03. The van der Waals surface area contributed by atoms with Crippen LogP contribution < -0.4 is 0 Å². The summed E-state index contributed by atoms with van der Waals surface area (Å²) in [5.74, 6) is 0. The van der Waals surface area contributed by atoms with Crippen LogP contribution in [0.25, 0.3) is 0 Å². The molecule has 2 rings (SSSR count). The summed E-state index contributed by atoms with van der Waals surface area (Å²) in [6.45, 7) is 14.8. The van der Waals surface area contributed by atoms with Gasteiger partial charge in [-0.05, 0) is 64.6 Å². The Morgan fingerprint density at radius 1 is 1.05 bits per heavy atom. The highest BCUT2D eigenvalue weighted by Crippen LogP contribution is 2.38. The van der Waals surface area contributed by atoms with Crippen molar-refractivity contribution in [3.63, 3.8) is 0 Å². The van der Waals surface area contributed by atoms with Crippen LogP contribution in [-0.4, -0.2) is 48.1 Å². The topological polar surface area (TPSA) is 6.48 Å². The summed E-state index contributed by atoms with van der Waals surface area (Å²) >= 11 is 0. The highest BCUT2D eigenvalue weighted by molar-refractivity contribution is 4.89. The Bertz CT molecular complexity index is 260. The fraction of sp³-hybridized carbons (Fsp3) is 1.00. The van der Waals surface area contributed by atoms with Crippen molar-refractivity contribution < 1.29 is 0 Å². The maximum Gasteiger partial charge on any atom is 0.0223 e. The number of nitrogens with zero attached hydrogens (tertiary/aromatic N) is 2. The molecule has 1 atom stereocenters. The fourth-order valence-electron chi connectivity index (χ4n) is 4.07. The second kappa shape index (κ2) is 6.58. The van der Waals surface area contributed by atoms with Gasteiger partial charge in [-0.3, -0.25) is 9.80 Å². The second-order valence-electron chi connectivity index (χ2n) is 7.13. The van der Waals surface area contributed by atoms with Crippen LogP contribution in [0.1, 0.15) is 66.2 Å². The van der Waals surface area contributed by atoms with E-state index in [9.17, 15) is 0 Å². The van der Waals surface area contributed by atoms with Crippen LogP contribution in [0.15, 0.2) is 0 Å². The zero-order valence-electron chi connectivity index (χ0n) is 13.6. The van der Waals surface area contributed by atoms with Gasteiger partial charge < -0.3 is 0 Å². The monoisotopic (exact) mass is 266 g/mol. The molecule has 112 valence electrons. The van der Waals surface area contributed by atoms with E-state index in [1.807, 2.05) is 0 Å². The zero-order chi connectivity index (χ0) is 13.9. The van der Waals surface area contributed by atoms with Gasteiger partial charge in [0, 0.05) is 18.6 Å². The first-order chi connectivity index (χ1) is 9.10. The van der Waals surface area contributed by atoms with Crippen LogP contribution in [0.4, 0.5) is 0 Å². The summed E-state index contributed by atoms with van der Waals surface area (Å²) in [5.41, 5.74) is 0.670. The lowest BCUT2D eigenvalue weighted by atomic mass is 9.74. The number of hydrogen-bond acceptors (Lipinski definition) is 2. The molecule has 0 aliphatic carbocycles. The molecule has 2 saturated heterocycles. The van der Waals surface area contributed by atoms with E-state index < -0.39 is 0 Å². The first-order valence-corrected chi connectivity index (χ1v) is 8.58. The second-order valence-corrected chi connectivity index (χ2v) is 7.13. The first kappa shape index (κ1) is 15.3. The van der Waals surface area contributed by atoms with Gasteiger partial charge in [0.1, 0.15) is 0 Å². The molecule has 0 aromatic heterocycles. The van der Waals surface area contributed by atoms with E-state index in [2.05, 4.69) is 37.5 Å². The molecular weight excluding hydrogens is 232 g/mol. The van der Waals surface area contributed by atoms with Crippen molar-refractivity contribution in [2.24, 2.45) is 5.41 Å². The maximum atomic E-state index is 2.80. The molecule has 0 spiro atoms. The van der Waals surface area contributed by atoms with Crippen LogP contribution in [0, 0.1) is 5.41 Å². The predicted octanol–water partition coefficient (Wildman–Crippen LogP) is 3.76. The van der Waals surface area contributed by atoms with E-state index in [0.29, 0.717) is 5.41 Å². The molecule has 2 aliphatic heterocycles. The van der Waals surface area contributed by atoms with Crippen LogP contribution >= 0.6 is 0 Å². The standard InChI is InChI=1S/C17H34N2/c1-5-17(6-2)9-12-18(13-10-17)16-8-7-11-19(14-16)15(3)4/h15-16H,5-14H2,1-4H3. The number of piperidine rings is 2. The highest BCUT2D eigenvalue weighted by Gasteiger charge is 2.35. The Morgan fingerprint density at radius 3 is 2.21 bits per heavy atom. The summed E-state index contributed by atoms with van der Waals surface area (Å²) in [4.78, 5) is 5.48. The zero-order valence-corrected chi connectivity index (χ0v) is 13.6. The number of likely N-dealkylation sites (tertiary alicyclic amines) is 2. The quantitative estimate of drug-likeness (QED) is 0.764. The number of hydrogen-bond donors (Lipinski definition) is 0. The molecule has 0 saturated carbocycles. The van der Waals surface area contributed by atoms with E-state index in [1.165, 1.54) is 64.7 Å². The Hall–Kier alpha value is -0.0800. The van der Waals surface area contributed by atoms with Gasteiger partial charge in [-0.1, -0.05) is 26.7 Å². The minimum absolute atomic E-state index is 0.670. The Labute approximate surface area is 120 Å². The van der Waals surface area contributed by atoms with Crippen molar-refractivity contribution in [1.82, 2.24) is 9.80 Å². The molecule has 2 heteroatoms. The predicted molar refractivity (Wildman–Crippen MR) is 83.6 cm³/mol. The van der Waals surface area contributed by atoms with Gasteiger partial charge >= 0.3 is 0 Å². The van der Waals surface area contributed by atoms with Gasteiger partial charge in [-0.2, -0.15) is 0 Å². The van der Waals surface area contributed by atoms with E-state index in [4.69, 9.17) is 0 Å². The van der Waals surface area contributed by atoms with Gasteiger partial charge in [0.25, 0.3) is 0 Å². The maximum absolute atomic E-state index is 2.80. The lowest BCUT2D eigenvalue weighted by Gasteiger charge is -2.47. The van der Waals surface area contributed by atoms with Gasteiger partial charge in [0.05, 0.1) is 0 Å². The first-order valence-electron chi connectivity index (χ1n) is 8.58. The summed E-state index contributed by atoms with van der Waals surface area (Å²) < 4.78 is 0. The van der Waals surface area contributed by atoms with Crippen LogP contribution in [-0.2, 0) is 0 Å². The summed E-state index contributed by atoms with van der Waals surface area (Å²) in [6.07, 6.45) is 8.43. The van der Waals surface area contributed by atoms with Crippen molar-refractivity contribution >= 4 is 0 Å². The molecule has 0 N–H and O–H groups in total. The lowest BCUT2D eigenvalue weighted by molar-refractivity contribution is 0.0266. The normalized spacial score (nSPS) is 29.8. The van der Waals surface area contributed by atoms with Gasteiger partial charge in [0.2, 0.25) is 0 Å². The average molecular weight is 266 g/mol. The van der Waals surface area contributed by atoms with Gasteiger partial charge in [-0.15, -0.1) is 0 Å². The van der Waals surface area contributed by atoms with Gasteiger partial charge in [-0.25, -0.2) is 0 Å². The number of rotatable bonds is 4. The minimum atomic E-state index is 0.670. The molecule has 0 aromatic carbocycles. The summed E-state index contributed by atoms with van der Waals surface area (Å²) in [6, 6.07) is 1.56. The molecule has 2 heterocycles. The van der Waals surface area contributed by atoms with E-state index in [1.54, 1.807) is 0 Å². The smallest absolute Gasteiger partial charge is 0.0223 e. The molecule has 1 unspecified atom stereocenters. The van der Waals surface area contributed by atoms with Crippen LogP contribution in [0.3, 0.4) is 0 Å². The molecular formula is C17H34N2. The molecule has 0 aromatic rings. The largest absolute Gasteiger partial charge is 0.299 e. The SMILES string of the molecule is CCC1(CC)CCN(C2CCCN(C(C)C)C2)CC1. The molecule has 0 radical (unpaired) electrons. The van der Waals surface area contributed by atoms with Crippen molar-refractivity contribution in [2.75, 3.05) is 26.2 Å². The van der Waals surface area contributed by atoms with Crippen LogP contribution in [0.2, 0.25) is 0 Å². The summed E-state index contributed by atoms with van der Waals surface area (Å²) in [5, 5.41) is 0. The molecule has 2 nitrogen and oxygen atoms in total. The van der Waals surface area contributed by atoms with E-state index in [0.717, 1.165) is 12.1 Å². The van der Waals surface area contributed by atoms with E-state index in [-0.39, 0.29) is 0 Å². The Balaban J connectivity index is 1.87. The highest BCUT2D eigenvalue weighted by atomic mass is 15.2.